The minimum Gasteiger partial charge on any atom is -0.382 e. The van der Waals surface area contributed by atoms with Crippen molar-refractivity contribution in [2.24, 2.45) is 4.99 Å². The molecule has 1 rings (SSSR count). The van der Waals surface area contributed by atoms with Crippen LogP contribution in [0.3, 0.4) is 0 Å². The Morgan fingerprint density at radius 1 is 1.25 bits per heavy atom. The minimum absolute atomic E-state index is 0.650. The van der Waals surface area contributed by atoms with E-state index in [4.69, 9.17) is 9.47 Å². The van der Waals surface area contributed by atoms with E-state index in [9.17, 15) is 0 Å². The van der Waals surface area contributed by atoms with Gasteiger partial charge in [-0.05, 0) is 25.5 Å². The molecule has 0 spiro atoms. The second-order valence-electron chi connectivity index (χ2n) is 4.32. The van der Waals surface area contributed by atoms with E-state index in [2.05, 4.69) is 34.7 Å². The van der Waals surface area contributed by atoms with Crippen LogP contribution in [0.2, 0.25) is 0 Å². The number of nitrogens with zero attached hydrogens (tertiary/aromatic N) is 1. The summed E-state index contributed by atoms with van der Waals surface area (Å²) in [6, 6.07) is 4.28. The minimum atomic E-state index is 0.650. The van der Waals surface area contributed by atoms with Crippen molar-refractivity contribution in [2.45, 2.75) is 19.9 Å². The van der Waals surface area contributed by atoms with E-state index in [0.29, 0.717) is 13.2 Å². The average Bonchev–Trinajstić information content (AvgIpc) is 2.87. The van der Waals surface area contributed by atoms with Gasteiger partial charge in [-0.15, -0.1) is 11.3 Å². The van der Waals surface area contributed by atoms with Crippen LogP contribution in [0.5, 0.6) is 0 Å². The first kappa shape index (κ1) is 16.9. The summed E-state index contributed by atoms with van der Waals surface area (Å²) in [5.41, 5.74) is 0. The van der Waals surface area contributed by atoms with Crippen molar-refractivity contribution in [1.29, 1.82) is 0 Å². The Bertz CT molecular complexity index is 394. The monoisotopic (exact) mass is 299 g/mol. The number of aliphatic imine (C=N–C) groups is 1. The number of rotatable bonds is 9. The van der Waals surface area contributed by atoms with Crippen LogP contribution in [0.15, 0.2) is 17.1 Å². The van der Waals surface area contributed by atoms with Crippen LogP contribution < -0.4 is 10.6 Å². The summed E-state index contributed by atoms with van der Waals surface area (Å²) < 4.78 is 10.3. The molecule has 0 bridgehead atoms. The Morgan fingerprint density at radius 3 is 2.75 bits per heavy atom. The Labute approximate surface area is 125 Å². The molecular weight excluding hydrogens is 274 g/mol. The van der Waals surface area contributed by atoms with Crippen LogP contribution >= 0.6 is 11.3 Å². The van der Waals surface area contributed by atoms with Crippen molar-refractivity contribution in [1.82, 2.24) is 10.6 Å². The van der Waals surface area contributed by atoms with Crippen molar-refractivity contribution in [3.05, 3.63) is 21.9 Å². The highest BCUT2D eigenvalue weighted by Gasteiger charge is 2.00. The maximum Gasteiger partial charge on any atom is 0.191 e. The highest BCUT2D eigenvalue weighted by molar-refractivity contribution is 7.11. The smallest absolute Gasteiger partial charge is 0.191 e. The first-order chi connectivity index (χ1) is 9.76. The molecule has 1 aromatic heterocycles. The Balaban J connectivity index is 2.08. The highest BCUT2D eigenvalue weighted by atomic mass is 32.1. The predicted molar refractivity (Wildman–Crippen MR) is 84.6 cm³/mol. The number of thiophene rings is 1. The third kappa shape index (κ3) is 7.47. The van der Waals surface area contributed by atoms with Gasteiger partial charge in [0.15, 0.2) is 5.96 Å². The van der Waals surface area contributed by atoms with Crippen molar-refractivity contribution in [2.75, 3.05) is 40.5 Å². The number of nitrogens with one attached hydrogen (secondary N) is 2. The molecule has 1 aromatic rings. The largest absolute Gasteiger partial charge is 0.382 e. The van der Waals surface area contributed by atoms with Crippen LogP contribution in [-0.4, -0.2) is 46.5 Å². The predicted octanol–water partition coefficient (Wildman–Crippen LogP) is 1.77. The summed E-state index contributed by atoms with van der Waals surface area (Å²) in [6.07, 6.45) is 0.947. The number of hydrogen-bond acceptors (Lipinski definition) is 4. The molecule has 0 radical (unpaired) electrons. The van der Waals surface area contributed by atoms with E-state index >= 15 is 0 Å². The molecular formula is C14H25N3O2S. The average molecular weight is 299 g/mol. The Hall–Kier alpha value is -1.11. The number of aryl methyl sites for hydroxylation is 1. The van der Waals surface area contributed by atoms with E-state index in [0.717, 1.165) is 32.1 Å². The molecule has 20 heavy (non-hydrogen) atoms. The van der Waals surface area contributed by atoms with Gasteiger partial charge in [0.05, 0.1) is 19.8 Å². The quantitative estimate of drug-likeness (QED) is 0.414. The first-order valence-corrected chi connectivity index (χ1v) is 7.64. The van der Waals surface area contributed by atoms with Gasteiger partial charge in [0.2, 0.25) is 0 Å². The summed E-state index contributed by atoms with van der Waals surface area (Å²) in [5, 5.41) is 6.57. The molecule has 5 nitrogen and oxygen atoms in total. The molecule has 0 fully saturated rings. The molecule has 0 amide bonds. The summed E-state index contributed by atoms with van der Waals surface area (Å²) in [5.74, 6) is 0.827. The molecule has 0 atom stereocenters. The van der Waals surface area contributed by atoms with Crippen LogP contribution in [-0.2, 0) is 16.0 Å². The normalized spacial score (nSPS) is 11.7. The van der Waals surface area contributed by atoms with Gasteiger partial charge in [-0.2, -0.15) is 0 Å². The molecule has 0 aromatic carbocycles. The molecule has 0 aliphatic heterocycles. The zero-order chi connectivity index (χ0) is 14.6. The van der Waals surface area contributed by atoms with Gasteiger partial charge in [0.1, 0.15) is 0 Å². The third-order valence-corrected chi connectivity index (χ3v) is 3.64. The lowest BCUT2D eigenvalue weighted by Gasteiger charge is -2.11. The van der Waals surface area contributed by atoms with Gasteiger partial charge in [0.25, 0.3) is 0 Å². The highest BCUT2D eigenvalue weighted by Crippen LogP contribution is 2.14. The molecule has 114 valence electrons. The molecule has 0 aliphatic carbocycles. The van der Waals surface area contributed by atoms with Gasteiger partial charge in [-0.3, -0.25) is 4.99 Å². The summed E-state index contributed by atoms with van der Waals surface area (Å²) in [7, 11) is 3.46. The zero-order valence-corrected chi connectivity index (χ0v) is 13.4. The summed E-state index contributed by atoms with van der Waals surface area (Å²) in [4.78, 5) is 6.84. The van der Waals surface area contributed by atoms with Gasteiger partial charge >= 0.3 is 0 Å². The molecule has 0 unspecified atom stereocenters. The van der Waals surface area contributed by atoms with Crippen molar-refractivity contribution in [3.63, 3.8) is 0 Å². The Morgan fingerprint density at radius 2 is 2.10 bits per heavy atom. The van der Waals surface area contributed by atoms with Crippen LogP contribution in [0.1, 0.15) is 16.2 Å². The van der Waals surface area contributed by atoms with E-state index < -0.39 is 0 Å². The number of guanidine groups is 1. The van der Waals surface area contributed by atoms with Crippen molar-refractivity contribution < 1.29 is 9.47 Å². The topological polar surface area (TPSA) is 54.9 Å². The maximum absolute atomic E-state index is 5.40. The maximum atomic E-state index is 5.40. The third-order valence-electron chi connectivity index (χ3n) is 2.64. The Kier molecular flexibility index (Phi) is 9.02. The van der Waals surface area contributed by atoms with Gasteiger partial charge in [0, 0.05) is 37.1 Å². The van der Waals surface area contributed by atoms with Crippen LogP contribution in [0.4, 0.5) is 0 Å². The molecule has 0 saturated carbocycles. The fourth-order valence-electron chi connectivity index (χ4n) is 1.60. The van der Waals surface area contributed by atoms with Gasteiger partial charge in [-0.1, -0.05) is 0 Å². The van der Waals surface area contributed by atoms with Crippen LogP contribution in [0.25, 0.3) is 0 Å². The van der Waals surface area contributed by atoms with Crippen molar-refractivity contribution >= 4 is 17.3 Å². The second kappa shape index (κ2) is 10.7. The molecule has 6 heteroatoms. The fraction of sp³-hybridized carbons (Fsp3) is 0.643. The fourth-order valence-corrected chi connectivity index (χ4v) is 2.43. The van der Waals surface area contributed by atoms with E-state index in [1.807, 2.05) is 0 Å². The zero-order valence-electron chi connectivity index (χ0n) is 12.6. The van der Waals surface area contributed by atoms with Gasteiger partial charge in [-0.25, -0.2) is 0 Å². The standard InChI is InChI=1S/C14H25N3O2S/c1-12-5-6-13(20-12)11-17-14(15-2)16-7-4-8-19-10-9-18-3/h5-6H,4,7-11H2,1-3H3,(H2,15,16,17). The number of hydrogen-bond donors (Lipinski definition) is 2. The van der Waals surface area contributed by atoms with Crippen molar-refractivity contribution in [3.8, 4) is 0 Å². The summed E-state index contributed by atoms with van der Waals surface area (Å²) in [6.45, 7) is 5.80. The second-order valence-corrected chi connectivity index (χ2v) is 5.70. The van der Waals surface area contributed by atoms with E-state index in [-0.39, 0.29) is 0 Å². The molecule has 2 N–H and O–H groups in total. The first-order valence-electron chi connectivity index (χ1n) is 6.82. The molecule has 0 saturated heterocycles. The van der Waals surface area contributed by atoms with E-state index in [1.165, 1.54) is 9.75 Å². The summed E-state index contributed by atoms with van der Waals surface area (Å²) >= 11 is 1.80. The van der Waals surface area contributed by atoms with Gasteiger partial charge < -0.3 is 20.1 Å². The van der Waals surface area contributed by atoms with Crippen LogP contribution in [0, 0.1) is 6.92 Å². The SMILES string of the molecule is CN=C(NCCCOCCOC)NCc1ccc(C)s1. The lowest BCUT2D eigenvalue weighted by Crippen LogP contribution is -2.37. The number of methoxy groups -OCH3 is 1. The lowest BCUT2D eigenvalue weighted by molar-refractivity contribution is 0.0698. The molecule has 0 aliphatic rings. The lowest BCUT2D eigenvalue weighted by atomic mass is 10.4. The number of ether oxygens (including phenoxy) is 2. The molecule has 1 heterocycles. The van der Waals surface area contributed by atoms with E-state index in [1.54, 1.807) is 25.5 Å².